The number of ether oxygens (including phenoxy) is 1. The molecule has 0 radical (unpaired) electrons. The van der Waals surface area contributed by atoms with Crippen molar-refractivity contribution in [3.63, 3.8) is 0 Å². The molecule has 0 bridgehead atoms. The summed E-state index contributed by atoms with van der Waals surface area (Å²) in [4.78, 5) is 16.4. The highest BCUT2D eigenvalue weighted by Gasteiger charge is 2.10. The van der Waals surface area contributed by atoms with Gasteiger partial charge >= 0.3 is 0 Å². The largest absolute Gasteiger partial charge is 0.497 e. The van der Waals surface area contributed by atoms with Gasteiger partial charge in [-0.1, -0.05) is 18.2 Å². The van der Waals surface area contributed by atoms with Crippen LogP contribution >= 0.6 is 0 Å². The molecule has 2 aromatic heterocycles. The second-order valence-corrected chi connectivity index (χ2v) is 5.66. The lowest BCUT2D eigenvalue weighted by Crippen LogP contribution is -2.24. The molecular weight excluding hydrogens is 316 g/mol. The molecule has 6 nitrogen and oxygen atoms in total. The minimum absolute atomic E-state index is 0.0461. The van der Waals surface area contributed by atoms with Crippen LogP contribution in [0, 0.1) is 0 Å². The van der Waals surface area contributed by atoms with Crippen LogP contribution in [-0.2, 0) is 24.8 Å². The van der Waals surface area contributed by atoms with Crippen molar-refractivity contribution >= 4 is 5.91 Å². The van der Waals surface area contributed by atoms with E-state index in [1.54, 1.807) is 18.0 Å². The first-order chi connectivity index (χ1) is 12.2. The minimum atomic E-state index is -0.0461. The monoisotopic (exact) mass is 336 g/mol. The number of pyridine rings is 1. The van der Waals surface area contributed by atoms with E-state index >= 15 is 0 Å². The molecule has 2 heterocycles. The van der Waals surface area contributed by atoms with E-state index in [-0.39, 0.29) is 5.91 Å². The predicted molar refractivity (Wildman–Crippen MR) is 95.0 cm³/mol. The molecule has 0 aliphatic carbocycles. The first-order valence-corrected chi connectivity index (χ1v) is 7.99. The third kappa shape index (κ3) is 4.23. The normalized spacial score (nSPS) is 10.5. The van der Waals surface area contributed by atoms with Crippen molar-refractivity contribution < 1.29 is 9.53 Å². The number of hydrogen-bond acceptors (Lipinski definition) is 4. The van der Waals surface area contributed by atoms with Crippen molar-refractivity contribution in [2.45, 2.75) is 13.0 Å². The number of carbonyl (C=O) groups is 1. The van der Waals surface area contributed by atoms with Gasteiger partial charge in [0.15, 0.2) is 0 Å². The minimum Gasteiger partial charge on any atom is -0.497 e. The van der Waals surface area contributed by atoms with Gasteiger partial charge in [-0.25, -0.2) is 0 Å². The lowest BCUT2D eigenvalue weighted by Gasteiger charge is -2.04. The molecule has 0 aliphatic heterocycles. The van der Waals surface area contributed by atoms with Crippen LogP contribution in [0.5, 0.6) is 5.75 Å². The maximum atomic E-state index is 12.1. The predicted octanol–water partition coefficient (Wildman–Crippen LogP) is 2.35. The van der Waals surface area contributed by atoms with Gasteiger partial charge in [-0.2, -0.15) is 5.10 Å². The van der Waals surface area contributed by atoms with E-state index < -0.39 is 0 Å². The van der Waals surface area contributed by atoms with Crippen LogP contribution in [-0.4, -0.2) is 27.8 Å². The Bertz CT molecular complexity index is 842. The van der Waals surface area contributed by atoms with E-state index in [1.807, 2.05) is 55.6 Å². The average Bonchev–Trinajstić information content (AvgIpc) is 3.02. The number of aryl methyl sites for hydroxylation is 1. The molecular formula is C19H20N4O2. The summed E-state index contributed by atoms with van der Waals surface area (Å²) in [6, 6.07) is 15.2. The summed E-state index contributed by atoms with van der Waals surface area (Å²) in [6.45, 7) is 0.385. The smallest absolute Gasteiger partial charge is 0.224 e. The Balaban J connectivity index is 1.59. The van der Waals surface area contributed by atoms with E-state index in [4.69, 9.17) is 4.74 Å². The number of rotatable bonds is 6. The van der Waals surface area contributed by atoms with Crippen LogP contribution in [0.25, 0.3) is 11.4 Å². The Labute approximate surface area is 146 Å². The second kappa shape index (κ2) is 7.61. The molecule has 0 spiro atoms. The van der Waals surface area contributed by atoms with Gasteiger partial charge in [-0.3, -0.25) is 14.5 Å². The highest BCUT2D eigenvalue weighted by molar-refractivity contribution is 5.78. The first-order valence-electron chi connectivity index (χ1n) is 7.99. The Hall–Kier alpha value is -3.15. The van der Waals surface area contributed by atoms with Crippen LogP contribution in [0.4, 0.5) is 0 Å². The number of nitrogens with zero attached hydrogens (tertiary/aromatic N) is 3. The standard InChI is InChI=1S/C19H20N4O2/c1-23-18(17-5-3-4-10-20-17)12-15(22-23)13-21-19(24)11-14-6-8-16(25-2)9-7-14/h3-10,12H,11,13H2,1-2H3,(H,21,24). The average molecular weight is 336 g/mol. The van der Waals surface area contributed by atoms with Gasteiger partial charge < -0.3 is 10.1 Å². The topological polar surface area (TPSA) is 69.0 Å². The zero-order valence-electron chi connectivity index (χ0n) is 14.3. The Morgan fingerprint density at radius 1 is 1.20 bits per heavy atom. The number of amides is 1. The van der Waals surface area contributed by atoms with E-state index in [9.17, 15) is 4.79 Å². The van der Waals surface area contributed by atoms with E-state index in [2.05, 4.69) is 15.4 Å². The fourth-order valence-electron chi connectivity index (χ4n) is 2.55. The van der Waals surface area contributed by atoms with Crippen molar-refractivity contribution in [2.24, 2.45) is 7.05 Å². The lowest BCUT2D eigenvalue weighted by atomic mass is 10.1. The highest BCUT2D eigenvalue weighted by Crippen LogP contribution is 2.17. The quantitative estimate of drug-likeness (QED) is 0.750. The Morgan fingerprint density at radius 3 is 2.68 bits per heavy atom. The number of methoxy groups -OCH3 is 1. The molecule has 1 amide bonds. The van der Waals surface area contributed by atoms with Crippen LogP contribution in [0.2, 0.25) is 0 Å². The fraction of sp³-hybridized carbons (Fsp3) is 0.211. The summed E-state index contributed by atoms with van der Waals surface area (Å²) in [5, 5.41) is 7.34. The van der Waals surface area contributed by atoms with E-state index in [0.29, 0.717) is 13.0 Å². The van der Waals surface area contributed by atoms with Crippen LogP contribution in [0.1, 0.15) is 11.3 Å². The third-order valence-electron chi connectivity index (χ3n) is 3.85. The number of hydrogen-bond donors (Lipinski definition) is 1. The molecule has 25 heavy (non-hydrogen) atoms. The molecule has 0 fully saturated rings. The van der Waals surface area contributed by atoms with Crippen molar-refractivity contribution in [1.82, 2.24) is 20.1 Å². The maximum Gasteiger partial charge on any atom is 0.224 e. The van der Waals surface area contributed by atoms with E-state index in [1.165, 1.54) is 0 Å². The summed E-state index contributed by atoms with van der Waals surface area (Å²) >= 11 is 0. The van der Waals surface area contributed by atoms with Gasteiger partial charge in [-0.15, -0.1) is 0 Å². The second-order valence-electron chi connectivity index (χ2n) is 5.66. The number of benzene rings is 1. The van der Waals surface area contributed by atoms with Crippen LogP contribution < -0.4 is 10.1 Å². The summed E-state index contributed by atoms with van der Waals surface area (Å²) < 4.78 is 6.88. The van der Waals surface area contributed by atoms with Gasteiger partial charge in [0.2, 0.25) is 5.91 Å². The van der Waals surface area contributed by atoms with Crippen molar-refractivity contribution in [3.8, 4) is 17.1 Å². The lowest BCUT2D eigenvalue weighted by molar-refractivity contribution is -0.120. The van der Waals surface area contributed by atoms with Gasteiger partial charge in [0.1, 0.15) is 5.75 Å². The molecule has 3 rings (SSSR count). The van der Waals surface area contributed by atoms with Crippen LogP contribution in [0.3, 0.4) is 0 Å². The fourth-order valence-corrected chi connectivity index (χ4v) is 2.55. The van der Waals surface area contributed by atoms with Crippen LogP contribution in [0.15, 0.2) is 54.7 Å². The van der Waals surface area contributed by atoms with Gasteiger partial charge in [-0.05, 0) is 35.9 Å². The Morgan fingerprint density at radius 2 is 2.00 bits per heavy atom. The van der Waals surface area contributed by atoms with Crippen molar-refractivity contribution in [1.29, 1.82) is 0 Å². The Kier molecular flexibility index (Phi) is 5.09. The molecule has 0 saturated carbocycles. The summed E-state index contributed by atoms with van der Waals surface area (Å²) in [7, 11) is 3.49. The molecule has 128 valence electrons. The van der Waals surface area contributed by atoms with Crippen molar-refractivity contribution in [3.05, 3.63) is 66.0 Å². The summed E-state index contributed by atoms with van der Waals surface area (Å²) in [5.41, 5.74) is 3.51. The highest BCUT2D eigenvalue weighted by atomic mass is 16.5. The van der Waals surface area contributed by atoms with Gasteiger partial charge in [0.05, 0.1) is 37.2 Å². The molecule has 6 heteroatoms. The molecule has 0 unspecified atom stereocenters. The number of carbonyl (C=O) groups excluding carboxylic acids is 1. The molecule has 1 aromatic carbocycles. The summed E-state index contributed by atoms with van der Waals surface area (Å²) in [6.07, 6.45) is 2.07. The number of aromatic nitrogens is 3. The molecule has 0 aliphatic rings. The van der Waals surface area contributed by atoms with Gasteiger partial charge in [0, 0.05) is 13.2 Å². The first kappa shape index (κ1) is 16.7. The maximum absolute atomic E-state index is 12.1. The number of nitrogens with one attached hydrogen (secondary N) is 1. The molecule has 3 aromatic rings. The third-order valence-corrected chi connectivity index (χ3v) is 3.85. The van der Waals surface area contributed by atoms with E-state index in [0.717, 1.165) is 28.4 Å². The summed E-state index contributed by atoms with van der Waals surface area (Å²) in [5.74, 6) is 0.731. The SMILES string of the molecule is COc1ccc(CC(=O)NCc2cc(-c3ccccn3)n(C)n2)cc1. The van der Waals surface area contributed by atoms with Gasteiger partial charge in [0.25, 0.3) is 0 Å². The zero-order chi connectivity index (χ0) is 17.6. The zero-order valence-corrected chi connectivity index (χ0v) is 14.3. The molecule has 0 saturated heterocycles. The molecule has 0 atom stereocenters. The van der Waals surface area contributed by atoms with Crippen molar-refractivity contribution in [2.75, 3.05) is 7.11 Å². The molecule has 1 N–H and O–H groups in total.